The zero-order valence-electron chi connectivity index (χ0n) is 10.7. The molecule has 0 radical (unpaired) electrons. The van der Waals surface area contributed by atoms with E-state index in [-0.39, 0.29) is 0 Å². The molecule has 0 aliphatic carbocycles. The molecule has 2 aliphatic heterocycles. The van der Waals surface area contributed by atoms with Crippen LogP contribution < -0.4 is 5.73 Å². The molecular formula is C13H26N2S. The van der Waals surface area contributed by atoms with Gasteiger partial charge in [0.1, 0.15) is 0 Å². The van der Waals surface area contributed by atoms with Crippen LogP contribution in [0.25, 0.3) is 0 Å². The fourth-order valence-electron chi connectivity index (χ4n) is 3.40. The molecule has 3 unspecified atom stereocenters. The van der Waals surface area contributed by atoms with Crippen LogP contribution in [-0.2, 0) is 0 Å². The molecule has 94 valence electrons. The SMILES string of the molecule is CC1CCCN(C2(CN)CCCSC2C)C1. The number of rotatable bonds is 2. The molecule has 0 spiro atoms. The molecule has 0 aromatic heterocycles. The molecule has 2 nitrogen and oxygen atoms in total. The van der Waals surface area contributed by atoms with Crippen molar-refractivity contribution in [3.05, 3.63) is 0 Å². The highest BCUT2D eigenvalue weighted by atomic mass is 32.2. The van der Waals surface area contributed by atoms with Gasteiger partial charge in [-0.25, -0.2) is 0 Å². The van der Waals surface area contributed by atoms with Crippen molar-refractivity contribution in [2.45, 2.75) is 50.3 Å². The number of hydrogen-bond donors (Lipinski definition) is 1. The Kier molecular flexibility index (Phi) is 4.20. The average Bonchev–Trinajstić information content (AvgIpc) is 2.30. The van der Waals surface area contributed by atoms with Crippen LogP contribution in [0.15, 0.2) is 0 Å². The van der Waals surface area contributed by atoms with E-state index in [0.29, 0.717) is 10.8 Å². The van der Waals surface area contributed by atoms with Gasteiger partial charge in [-0.15, -0.1) is 0 Å². The van der Waals surface area contributed by atoms with Gasteiger partial charge in [-0.2, -0.15) is 11.8 Å². The molecule has 3 atom stereocenters. The molecule has 2 N–H and O–H groups in total. The topological polar surface area (TPSA) is 29.3 Å². The van der Waals surface area contributed by atoms with Gasteiger partial charge in [0.2, 0.25) is 0 Å². The predicted molar refractivity (Wildman–Crippen MR) is 72.9 cm³/mol. The van der Waals surface area contributed by atoms with Gasteiger partial charge in [0.15, 0.2) is 0 Å². The maximum absolute atomic E-state index is 6.15. The fraction of sp³-hybridized carbons (Fsp3) is 1.00. The Morgan fingerprint density at radius 1 is 1.38 bits per heavy atom. The van der Waals surface area contributed by atoms with Crippen molar-refractivity contribution >= 4 is 11.8 Å². The van der Waals surface area contributed by atoms with Gasteiger partial charge in [0.25, 0.3) is 0 Å². The zero-order valence-corrected chi connectivity index (χ0v) is 11.6. The molecule has 0 aromatic rings. The summed E-state index contributed by atoms with van der Waals surface area (Å²) in [7, 11) is 0. The Hall–Kier alpha value is 0.270. The molecule has 16 heavy (non-hydrogen) atoms. The molecule has 0 bridgehead atoms. The Labute approximate surface area is 104 Å². The minimum atomic E-state index is 0.303. The molecule has 2 rings (SSSR count). The lowest BCUT2D eigenvalue weighted by Crippen LogP contribution is -2.62. The van der Waals surface area contributed by atoms with Gasteiger partial charge in [-0.1, -0.05) is 13.8 Å². The monoisotopic (exact) mass is 242 g/mol. The maximum Gasteiger partial charge on any atom is 0.0447 e. The van der Waals surface area contributed by atoms with E-state index < -0.39 is 0 Å². The van der Waals surface area contributed by atoms with Crippen molar-refractivity contribution in [1.29, 1.82) is 0 Å². The third-order valence-electron chi connectivity index (χ3n) is 4.52. The summed E-state index contributed by atoms with van der Waals surface area (Å²) < 4.78 is 0. The molecule has 2 saturated heterocycles. The summed E-state index contributed by atoms with van der Waals surface area (Å²) in [4.78, 5) is 2.72. The first-order chi connectivity index (χ1) is 7.69. The second-order valence-corrected chi connectivity index (χ2v) is 7.07. The van der Waals surface area contributed by atoms with Crippen molar-refractivity contribution < 1.29 is 0 Å². The Morgan fingerprint density at radius 3 is 2.81 bits per heavy atom. The van der Waals surface area contributed by atoms with Gasteiger partial charge >= 0.3 is 0 Å². The Bertz CT molecular complexity index is 234. The maximum atomic E-state index is 6.15. The van der Waals surface area contributed by atoms with E-state index in [1.807, 2.05) is 0 Å². The number of hydrogen-bond acceptors (Lipinski definition) is 3. The van der Waals surface area contributed by atoms with E-state index in [1.165, 1.54) is 44.5 Å². The lowest BCUT2D eigenvalue weighted by Gasteiger charge is -2.52. The highest BCUT2D eigenvalue weighted by Gasteiger charge is 2.43. The molecule has 0 aromatic carbocycles. The van der Waals surface area contributed by atoms with Crippen LogP contribution in [0.4, 0.5) is 0 Å². The van der Waals surface area contributed by atoms with E-state index in [9.17, 15) is 0 Å². The number of nitrogens with two attached hydrogens (primary N) is 1. The van der Waals surface area contributed by atoms with Crippen LogP contribution in [0.3, 0.4) is 0 Å². The second-order valence-electron chi connectivity index (χ2n) is 5.62. The first kappa shape index (κ1) is 12.7. The molecule has 0 amide bonds. The van der Waals surface area contributed by atoms with Crippen LogP contribution in [0.1, 0.15) is 39.5 Å². The lowest BCUT2D eigenvalue weighted by molar-refractivity contribution is 0.0427. The highest BCUT2D eigenvalue weighted by molar-refractivity contribution is 8.00. The van der Waals surface area contributed by atoms with E-state index in [0.717, 1.165) is 12.5 Å². The number of thioether (sulfide) groups is 1. The normalized spacial score (nSPS) is 42.2. The third-order valence-corrected chi connectivity index (χ3v) is 5.98. The lowest BCUT2D eigenvalue weighted by atomic mass is 9.84. The van der Waals surface area contributed by atoms with Gasteiger partial charge in [-0.05, 0) is 43.9 Å². The van der Waals surface area contributed by atoms with E-state index >= 15 is 0 Å². The molecule has 2 fully saturated rings. The first-order valence-corrected chi connectivity index (χ1v) is 7.80. The standard InChI is InChI=1S/C13H26N2S/c1-11-5-3-7-15(9-11)13(10-14)6-4-8-16-12(13)2/h11-12H,3-10,14H2,1-2H3. The van der Waals surface area contributed by atoms with Crippen LogP contribution >= 0.6 is 11.8 Å². The minimum Gasteiger partial charge on any atom is -0.329 e. The molecular weight excluding hydrogens is 216 g/mol. The second kappa shape index (κ2) is 5.28. The summed E-state index contributed by atoms with van der Waals surface area (Å²) >= 11 is 2.12. The van der Waals surface area contributed by atoms with E-state index in [2.05, 4.69) is 30.5 Å². The predicted octanol–water partition coefficient (Wildman–Crippen LogP) is 2.33. The number of piperidine rings is 1. The summed E-state index contributed by atoms with van der Waals surface area (Å²) in [5.74, 6) is 2.18. The van der Waals surface area contributed by atoms with Crippen LogP contribution in [0.2, 0.25) is 0 Å². The first-order valence-electron chi connectivity index (χ1n) is 6.76. The Balaban J connectivity index is 2.12. The molecule has 2 aliphatic rings. The van der Waals surface area contributed by atoms with Crippen molar-refractivity contribution in [3.63, 3.8) is 0 Å². The smallest absolute Gasteiger partial charge is 0.0447 e. The van der Waals surface area contributed by atoms with E-state index in [4.69, 9.17) is 5.73 Å². The Morgan fingerprint density at radius 2 is 2.19 bits per heavy atom. The summed E-state index contributed by atoms with van der Waals surface area (Å²) in [5.41, 5.74) is 6.45. The number of nitrogens with zero attached hydrogens (tertiary/aromatic N) is 1. The van der Waals surface area contributed by atoms with Crippen molar-refractivity contribution in [2.24, 2.45) is 11.7 Å². The largest absolute Gasteiger partial charge is 0.329 e. The van der Waals surface area contributed by atoms with Crippen molar-refractivity contribution in [2.75, 3.05) is 25.4 Å². The third kappa shape index (κ3) is 2.27. The number of likely N-dealkylation sites (tertiary alicyclic amines) is 1. The molecule has 0 saturated carbocycles. The summed E-state index contributed by atoms with van der Waals surface area (Å²) in [5, 5.41) is 0.705. The van der Waals surface area contributed by atoms with Crippen LogP contribution in [-0.4, -0.2) is 41.1 Å². The summed E-state index contributed by atoms with van der Waals surface area (Å²) in [6.45, 7) is 8.15. The van der Waals surface area contributed by atoms with Gasteiger partial charge in [-0.3, -0.25) is 4.90 Å². The van der Waals surface area contributed by atoms with Gasteiger partial charge < -0.3 is 5.73 Å². The highest BCUT2D eigenvalue weighted by Crippen LogP contribution is 2.39. The fourth-order valence-corrected chi connectivity index (χ4v) is 4.74. The molecule has 2 heterocycles. The summed E-state index contributed by atoms with van der Waals surface area (Å²) in [6.07, 6.45) is 5.42. The van der Waals surface area contributed by atoms with E-state index in [1.54, 1.807) is 0 Å². The van der Waals surface area contributed by atoms with Gasteiger partial charge in [0, 0.05) is 23.9 Å². The van der Waals surface area contributed by atoms with Crippen molar-refractivity contribution in [3.8, 4) is 0 Å². The molecule has 3 heteroatoms. The van der Waals surface area contributed by atoms with Crippen molar-refractivity contribution in [1.82, 2.24) is 4.90 Å². The minimum absolute atomic E-state index is 0.303. The van der Waals surface area contributed by atoms with Gasteiger partial charge in [0.05, 0.1) is 0 Å². The van der Waals surface area contributed by atoms with Crippen LogP contribution in [0.5, 0.6) is 0 Å². The quantitative estimate of drug-likeness (QED) is 0.806. The zero-order chi connectivity index (χ0) is 11.6. The summed E-state index contributed by atoms with van der Waals surface area (Å²) in [6, 6.07) is 0. The average molecular weight is 242 g/mol. The van der Waals surface area contributed by atoms with Crippen LogP contribution in [0, 0.1) is 5.92 Å².